The average molecular weight is 234 g/mol. The molecule has 2 nitrogen and oxygen atoms in total. The van der Waals surface area contributed by atoms with Crippen LogP contribution in [0, 0.1) is 0 Å². The molecule has 0 saturated heterocycles. The number of allylic oxidation sites excluding steroid dienone is 5. The van der Waals surface area contributed by atoms with Crippen molar-refractivity contribution in [2.45, 2.75) is 13.8 Å². The predicted molar refractivity (Wildman–Crippen MR) is 75.5 cm³/mol. The van der Waals surface area contributed by atoms with E-state index in [9.17, 15) is 5.11 Å². The molecule has 0 bridgehead atoms. The first kappa shape index (κ1) is 16.5. The van der Waals surface area contributed by atoms with Gasteiger partial charge in [0.2, 0.25) is 0 Å². The van der Waals surface area contributed by atoms with Crippen molar-refractivity contribution in [3.63, 3.8) is 0 Å². The quantitative estimate of drug-likeness (QED) is 0.469. The maximum Gasteiger partial charge on any atom is 0.173 e. The minimum absolute atomic E-state index is 0. The second-order valence-corrected chi connectivity index (χ2v) is 3.62. The Balaban J connectivity index is 0.00000289. The zero-order chi connectivity index (χ0) is 12.5. The van der Waals surface area contributed by atoms with Crippen LogP contribution in [0.3, 0.4) is 0 Å². The van der Waals surface area contributed by atoms with Crippen LogP contribution < -0.4 is 10.1 Å². The summed E-state index contributed by atoms with van der Waals surface area (Å²) in [6.45, 7) is 3.99. The molecule has 0 unspecified atom stereocenters. The number of para-hydroxylation sites is 1. The van der Waals surface area contributed by atoms with Gasteiger partial charge in [0.05, 0.1) is 0 Å². The Bertz CT molecular complexity index is 473. The minimum atomic E-state index is 0. The van der Waals surface area contributed by atoms with Crippen molar-refractivity contribution < 1.29 is 10.1 Å². The summed E-state index contributed by atoms with van der Waals surface area (Å²) in [5.74, 6) is 0.0228. The summed E-state index contributed by atoms with van der Waals surface area (Å²) in [7, 11) is 0. The number of rotatable bonds is 4. The third kappa shape index (κ3) is 6.29. The van der Waals surface area contributed by atoms with E-state index in [0.29, 0.717) is 5.56 Å². The van der Waals surface area contributed by atoms with Gasteiger partial charge >= 0.3 is 0 Å². The van der Waals surface area contributed by atoms with Crippen LogP contribution in [0.2, 0.25) is 0 Å². The Kier molecular flexibility index (Phi) is 8.74. The van der Waals surface area contributed by atoms with Gasteiger partial charge in [-0.25, -0.2) is 4.99 Å². The standard InChI is InChI=1S/C15H17NO.Li/c1-3-4-7-13(2)10-11-16-12-14-8-5-6-9-15(14)17;/h3-12,17H,1-2H3;/q;-1/b4-3+,11-10+,13-7-,16-12?;. The molecule has 0 aliphatic carbocycles. The molecule has 0 spiro atoms. The summed E-state index contributed by atoms with van der Waals surface area (Å²) in [6.07, 6.45) is 11.4. The van der Waals surface area contributed by atoms with Gasteiger partial charge in [-0.1, -0.05) is 42.2 Å². The van der Waals surface area contributed by atoms with E-state index in [-0.39, 0.29) is 24.6 Å². The van der Waals surface area contributed by atoms with Crippen LogP contribution in [-0.4, -0.2) is 25.1 Å². The van der Waals surface area contributed by atoms with Crippen molar-refractivity contribution >= 4 is 25.1 Å². The third-order valence-corrected chi connectivity index (χ3v) is 2.15. The van der Waals surface area contributed by atoms with E-state index in [1.54, 1.807) is 24.4 Å². The van der Waals surface area contributed by atoms with Crippen LogP contribution in [0.4, 0.5) is 0 Å². The van der Waals surface area contributed by atoms with Crippen molar-refractivity contribution in [1.82, 2.24) is 0 Å². The normalized spacial score (nSPS) is 12.4. The molecule has 0 heterocycles. The summed E-state index contributed by atoms with van der Waals surface area (Å²) in [5.41, 5.74) is 1.80. The molecule has 0 aromatic heterocycles. The number of nitrogens with one attached hydrogen (secondary N) is 1. The molecule has 1 rings (SSSR count). The van der Waals surface area contributed by atoms with Crippen molar-refractivity contribution in [3.05, 3.63) is 65.9 Å². The van der Waals surface area contributed by atoms with Crippen molar-refractivity contribution in [1.29, 1.82) is 0 Å². The van der Waals surface area contributed by atoms with Crippen LogP contribution in [0.1, 0.15) is 19.4 Å². The molecule has 0 atom stereocenters. The fourth-order valence-corrected chi connectivity index (χ4v) is 1.22. The average Bonchev–Trinajstić information content (AvgIpc) is 2.34. The smallest absolute Gasteiger partial charge is 0.173 e. The maximum atomic E-state index is 11.4. The molecule has 0 aliphatic rings. The van der Waals surface area contributed by atoms with E-state index in [2.05, 4.69) is 4.99 Å². The van der Waals surface area contributed by atoms with Crippen LogP contribution >= 0.6 is 0 Å². The van der Waals surface area contributed by atoms with Crippen molar-refractivity contribution in [3.8, 4) is 5.75 Å². The van der Waals surface area contributed by atoms with E-state index < -0.39 is 0 Å². The fraction of sp³-hybridized carbons (Fsp3) is 0.133. The first-order valence-electron chi connectivity index (χ1n) is 5.55. The Morgan fingerprint density at radius 3 is 2.67 bits per heavy atom. The monoisotopic (exact) mass is 234 g/mol. The molecule has 0 saturated carbocycles. The van der Waals surface area contributed by atoms with Gasteiger partial charge in [0, 0.05) is 11.6 Å². The summed E-state index contributed by atoms with van der Waals surface area (Å²) in [5, 5.41) is 11.4. The molecule has 1 aromatic rings. The first-order valence-corrected chi connectivity index (χ1v) is 5.55. The SMILES string of the molecule is C/C=C/C=C(C)\C=C\[NH+]=Cc1ccccc1[O-].[Li-]. The molecule has 0 fully saturated rings. The topological polar surface area (TPSA) is 37.0 Å². The second kappa shape index (κ2) is 9.53. The summed E-state index contributed by atoms with van der Waals surface area (Å²) >= 11 is 0. The van der Waals surface area contributed by atoms with Gasteiger partial charge in [0.15, 0.2) is 12.4 Å². The second-order valence-electron chi connectivity index (χ2n) is 3.62. The molecule has 3 heteroatoms. The molecule has 0 amide bonds. The van der Waals surface area contributed by atoms with Gasteiger partial charge in [0.25, 0.3) is 0 Å². The molecular formula is C15H17LiNO-. The van der Waals surface area contributed by atoms with Crippen LogP contribution in [0.15, 0.2) is 60.3 Å². The maximum absolute atomic E-state index is 11.4. The largest absolute Gasteiger partial charge is 1.00 e. The zero-order valence-corrected chi connectivity index (χ0v) is 11.2. The molecule has 1 aromatic carbocycles. The Labute approximate surface area is 121 Å². The van der Waals surface area contributed by atoms with Gasteiger partial charge in [0.1, 0.15) is 0 Å². The van der Waals surface area contributed by atoms with E-state index in [1.165, 1.54) is 0 Å². The van der Waals surface area contributed by atoms with E-state index in [0.717, 1.165) is 5.57 Å². The van der Waals surface area contributed by atoms with Gasteiger partial charge < -0.3 is 24.0 Å². The molecule has 0 aliphatic heterocycles. The Morgan fingerprint density at radius 2 is 2.00 bits per heavy atom. The predicted octanol–water partition coefficient (Wildman–Crippen LogP) is 0.915. The van der Waals surface area contributed by atoms with Crippen LogP contribution in [0.5, 0.6) is 5.75 Å². The molecular weight excluding hydrogens is 217 g/mol. The van der Waals surface area contributed by atoms with E-state index in [1.807, 2.05) is 50.4 Å². The minimum Gasteiger partial charge on any atom is -1.00 e. The van der Waals surface area contributed by atoms with Crippen LogP contribution in [0.25, 0.3) is 0 Å². The fourth-order valence-electron chi connectivity index (χ4n) is 1.22. The van der Waals surface area contributed by atoms with Crippen molar-refractivity contribution in [2.24, 2.45) is 0 Å². The van der Waals surface area contributed by atoms with Gasteiger partial charge in [-0.15, -0.1) is 0 Å². The molecule has 90 valence electrons. The first-order chi connectivity index (χ1) is 8.24. The Morgan fingerprint density at radius 1 is 1.28 bits per heavy atom. The number of benzene rings is 1. The van der Waals surface area contributed by atoms with E-state index >= 15 is 0 Å². The molecule has 1 N–H and O–H groups in total. The van der Waals surface area contributed by atoms with Gasteiger partial charge in [-0.05, 0) is 25.5 Å². The third-order valence-electron chi connectivity index (χ3n) is 2.15. The summed E-state index contributed by atoms with van der Waals surface area (Å²) in [6, 6.07) is 6.91. The molecule has 18 heavy (non-hydrogen) atoms. The van der Waals surface area contributed by atoms with Gasteiger partial charge in [-0.3, -0.25) is 0 Å². The number of hydrogen-bond acceptors (Lipinski definition) is 1. The van der Waals surface area contributed by atoms with Crippen molar-refractivity contribution in [2.75, 3.05) is 0 Å². The number of hydrogen-bond donors (Lipinski definition) is 1. The summed E-state index contributed by atoms with van der Waals surface area (Å²) in [4.78, 5) is 2.98. The Hall–Kier alpha value is -1.49. The van der Waals surface area contributed by atoms with Gasteiger partial charge in [-0.2, -0.15) is 0 Å². The van der Waals surface area contributed by atoms with E-state index in [4.69, 9.17) is 0 Å². The van der Waals surface area contributed by atoms with Crippen LogP contribution in [-0.2, 0) is 0 Å². The molecule has 2 radical (unpaired) electrons. The zero-order valence-electron chi connectivity index (χ0n) is 11.2. The summed E-state index contributed by atoms with van der Waals surface area (Å²) < 4.78 is 0.